The molecule has 2 N–H and O–H groups in total. The standard InChI is InChI=1S/C17H18N4O2/c1-11-5-6-16(23-11)13-9-20(10-14(13)18)17(22)12-8-19-21-7-3-2-4-15(12)21/h2-8,13-14H,9-10,18H2,1H3. The number of nitrogens with two attached hydrogens (primary N) is 1. The van der Waals surface area contributed by atoms with Crippen LogP contribution in [0.5, 0.6) is 0 Å². The van der Waals surface area contributed by atoms with Crippen LogP contribution in [0.2, 0.25) is 0 Å². The van der Waals surface area contributed by atoms with Crippen LogP contribution in [0.1, 0.15) is 27.8 Å². The van der Waals surface area contributed by atoms with Crippen LogP contribution < -0.4 is 5.73 Å². The molecule has 0 aliphatic carbocycles. The topological polar surface area (TPSA) is 76.8 Å². The van der Waals surface area contributed by atoms with Gasteiger partial charge >= 0.3 is 0 Å². The average Bonchev–Trinajstić information content (AvgIpc) is 3.24. The quantitative estimate of drug-likeness (QED) is 0.783. The second-order valence-corrected chi connectivity index (χ2v) is 6.02. The Morgan fingerprint density at radius 3 is 2.96 bits per heavy atom. The van der Waals surface area contributed by atoms with Gasteiger partial charge in [0.25, 0.3) is 5.91 Å². The van der Waals surface area contributed by atoms with Gasteiger partial charge < -0.3 is 15.1 Å². The first-order valence-corrected chi connectivity index (χ1v) is 7.67. The Morgan fingerprint density at radius 1 is 1.30 bits per heavy atom. The first-order chi connectivity index (χ1) is 11.1. The third-order valence-corrected chi connectivity index (χ3v) is 4.44. The number of hydrogen-bond donors (Lipinski definition) is 1. The van der Waals surface area contributed by atoms with E-state index >= 15 is 0 Å². The van der Waals surface area contributed by atoms with E-state index in [1.807, 2.05) is 43.5 Å². The van der Waals surface area contributed by atoms with Gasteiger partial charge in [-0.1, -0.05) is 6.07 Å². The normalized spacial score (nSPS) is 21.2. The molecule has 3 aromatic heterocycles. The van der Waals surface area contributed by atoms with Crippen molar-refractivity contribution in [1.29, 1.82) is 0 Å². The smallest absolute Gasteiger partial charge is 0.257 e. The van der Waals surface area contributed by atoms with E-state index in [4.69, 9.17) is 10.2 Å². The summed E-state index contributed by atoms with van der Waals surface area (Å²) in [6.45, 7) is 3.00. The molecule has 6 nitrogen and oxygen atoms in total. The molecule has 6 heteroatoms. The maximum atomic E-state index is 12.8. The molecule has 0 saturated carbocycles. The highest BCUT2D eigenvalue weighted by Crippen LogP contribution is 2.29. The van der Waals surface area contributed by atoms with Gasteiger partial charge in [0.2, 0.25) is 0 Å². The van der Waals surface area contributed by atoms with Gasteiger partial charge in [0.15, 0.2) is 0 Å². The molecular weight excluding hydrogens is 292 g/mol. The number of hydrogen-bond acceptors (Lipinski definition) is 4. The number of aromatic nitrogens is 2. The molecule has 1 amide bonds. The van der Waals surface area contributed by atoms with Crippen LogP contribution in [0.25, 0.3) is 5.52 Å². The van der Waals surface area contributed by atoms with Crippen molar-refractivity contribution in [3.05, 3.63) is 59.8 Å². The molecular formula is C17H18N4O2. The Morgan fingerprint density at radius 2 is 2.17 bits per heavy atom. The van der Waals surface area contributed by atoms with Gasteiger partial charge in [-0.05, 0) is 31.2 Å². The number of amides is 1. The van der Waals surface area contributed by atoms with Gasteiger partial charge in [-0.25, -0.2) is 4.52 Å². The molecule has 0 bridgehead atoms. The molecule has 1 aliphatic heterocycles. The molecule has 0 aromatic carbocycles. The van der Waals surface area contributed by atoms with Gasteiger partial charge in [-0.15, -0.1) is 0 Å². The molecule has 2 atom stereocenters. The lowest BCUT2D eigenvalue weighted by molar-refractivity contribution is 0.0790. The van der Waals surface area contributed by atoms with Crippen LogP contribution in [0, 0.1) is 6.92 Å². The highest BCUT2D eigenvalue weighted by Gasteiger charge is 2.36. The van der Waals surface area contributed by atoms with E-state index in [0.29, 0.717) is 18.7 Å². The molecule has 0 radical (unpaired) electrons. The maximum Gasteiger partial charge on any atom is 0.257 e. The lowest BCUT2D eigenvalue weighted by atomic mass is 10.0. The summed E-state index contributed by atoms with van der Waals surface area (Å²) in [4.78, 5) is 14.6. The first kappa shape index (κ1) is 14.0. The fraction of sp³-hybridized carbons (Fsp3) is 0.294. The number of pyridine rings is 1. The van der Waals surface area contributed by atoms with E-state index in [1.54, 1.807) is 15.6 Å². The van der Waals surface area contributed by atoms with Crippen LogP contribution in [0.15, 0.2) is 47.1 Å². The molecule has 0 spiro atoms. The largest absolute Gasteiger partial charge is 0.466 e. The van der Waals surface area contributed by atoms with E-state index in [9.17, 15) is 4.79 Å². The zero-order chi connectivity index (χ0) is 16.0. The number of furan rings is 1. The number of fused-ring (bicyclic) bond motifs is 1. The number of likely N-dealkylation sites (tertiary alicyclic amines) is 1. The number of carbonyl (C=O) groups is 1. The predicted molar refractivity (Wildman–Crippen MR) is 85.3 cm³/mol. The molecule has 1 aliphatic rings. The molecule has 23 heavy (non-hydrogen) atoms. The van der Waals surface area contributed by atoms with Gasteiger partial charge in [0.05, 0.1) is 23.2 Å². The summed E-state index contributed by atoms with van der Waals surface area (Å²) in [5.74, 6) is 1.71. The zero-order valence-electron chi connectivity index (χ0n) is 12.8. The maximum absolute atomic E-state index is 12.8. The van der Waals surface area contributed by atoms with E-state index in [0.717, 1.165) is 17.0 Å². The molecule has 4 heterocycles. The lowest BCUT2D eigenvalue weighted by Gasteiger charge is -2.15. The second-order valence-electron chi connectivity index (χ2n) is 6.02. The molecule has 2 unspecified atom stereocenters. The van der Waals surface area contributed by atoms with Crippen molar-refractivity contribution in [2.75, 3.05) is 13.1 Å². The lowest BCUT2D eigenvalue weighted by Crippen LogP contribution is -2.32. The van der Waals surface area contributed by atoms with Gasteiger partial charge in [0.1, 0.15) is 11.5 Å². The monoisotopic (exact) mass is 310 g/mol. The zero-order valence-corrected chi connectivity index (χ0v) is 12.8. The van der Waals surface area contributed by atoms with Crippen molar-refractivity contribution in [3.63, 3.8) is 0 Å². The highest BCUT2D eigenvalue weighted by atomic mass is 16.3. The van der Waals surface area contributed by atoms with Crippen molar-refractivity contribution < 1.29 is 9.21 Å². The van der Waals surface area contributed by atoms with E-state index in [2.05, 4.69) is 5.10 Å². The van der Waals surface area contributed by atoms with Crippen molar-refractivity contribution in [2.45, 2.75) is 18.9 Å². The molecule has 3 aromatic rings. The second kappa shape index (κ2) is 5.24. The number of aryl methyl sites for hydroxylation is 1. The summed E-state index contributed by atoms with van der Waals surface area (Å²) in [6.07, 6.45) is 3.45. The average molecular weight is 310 g/mol. The summed E-state index contributed by atoms with van der Waals surface area (Å²) in [5.41, 5.74) is 7.65. The number of rotatable bonds is 2. The fourth-order valence-corrected chi connectivity index (χ4v) is 3.22. The van der Waals surface area contributed by atoms with Crippen molar-refractivity contribution in [3.8, 4) is 0 Å². The van der Waals surface area contributed by atoms with Crippen LogP contribution in [-0.2, 0) is 0 Å². The Kier molecular flexibility index (Phi) is 3.20. The fourth-order valence-electron chi connectivity index (χ4n) is 3.22. The minimum atomic E-state index is -0.119. The molecule has 4 rings (SSSR count). The molecule has 118 valence electrons. The molecule has 1 saturated heterocycles. The van der Waals surface area contributed by atoms with E-state index < -0.39 is 0 Å². The van der Waals surface area contributed by atoms with Gasteiger partial charge in [-0.2, -0.15) is 5.10 Å². The summed E-state index contributed by atoms with van der Waals surface area (Å²) >= 11 is 0. The van der Waals surface area contributed by atoms with Crippen molar-refractivity contribution >= 4 is 11.4 Å². The van der Waals surface area contributed by atoms with Crippen LogP contribution in [0.3, 0.4) is 0 Å². The van der Waals surface area contributed by atoms with Crippen molar-refractivity contribution in [1.82, 2.24) is 14.5 Å². The van der Waals surface area contributed by atoms with Gasteiger partial charge in [0, 0.05) is 25.3 Å². The third kappa shape index (κ3) is 2.31. The Balaban J connectivity index is 1.60. The summed E-state index contributed by atoms with van der Waals surface area (Å²) in [7, 11) is 0. The van der Waals surface area contributed by atoms with Gasteiger partial charge in [-0.3, -0.25) is 4.79 Å². The molecule has 1 fully saturated rings. The predicted octanol–water partition coefficient (Wildman–Crippen LogP) is 1.80. The Bertz CT molecular complexity index is 866. The minimum absolute atomic E-state index is 0.0348. The summed E-state index contributed by atoms with van der Waals surface area (Å²) in [6, 6.07) is 9.43. The van der Waals surface area contributed by atoms with Crippen LogP contribution in [0.4, 0.5) is 0 Å². The Hall–Kier alpha value is -2.60. The van der Waals surface area contributed by atoms with E-state index in [-0.39, 0.29) is 17.9 Å². The third-order valence-electron chi connectivity index (χ3n) is 4.44. The van der Waals surface area contributed by atoms with Crippen LogP contribution in [-0.4, -0.2) is 39.6 Å². The Labute approximate surface area is 133 Å². The van der Waals surface area contributed by atoms with Crippen molar-refractivity contribution in [2.24, 2.45) is 5.73 Å². The van der Waals surface area contributed by atoms with E-state index in [1.165, 1.54) is 0 Å². The minimum Gasteiger partial charge on any atom is -0.466 e. The summed E-state index contributed by atoms with van der Waals surface area (Å²) in [5, 5.41) is 4.23. The van der Waals surface area contributed by atoms with Crippen LogP contribution >= 0.6 is 0 Å². The SMILES string of the molecule is Cc1ccc(C2CN(C(=O)c3cnn4ccccc34)CC2N)o1. The highest BCUT2D eigenvalue weighted by molar-refractivity contribution is 6.00. The number of carbonyl (C=O) groups excluding carboxylic acids is 1. The summed E-state index contributed by atoms with van der Waals surface area (Å²) < 4.78 is 7.40. The number of nitrogens with zero attached hydrogens (tertiary/aromatic N) is 3. The first-order valence-electron chi connectivity index (χ1n) is 7.67.